The highest BCUT2D eigenvalue weighted by Gasteiger charge is 2.25. The zero-order valence-electron chi connectivity index (χ0n) is 15.9. The van der Waals surface area contributed by atoms with Crippen molar-refractivity contribution in [3.05, 3.63) is 35.4 Å². The molecule has 0 saturated heterocycles. The number of likely N-dealkylation sites (N-methyl/N-ethyl adjacent to an activating group) is 1. The Bertz CT molecular complexity index is 579. The highest BCUT2D eigenvalue weighted by atomic mass is 16.2. The SMILES string of the molecule is CC(C)Cc1ccc([C@@H](C)NC(=O)C[NH+](C)CC(=O)NC2CC2)cc1. The molecule has 1 saturated carbocycles. The third kappa shape index (κ3) is 7.26. The first-order valence-electron chi connectivity index (χ1n) is 9.32. The van der Waals surface area contributed by atoms with Crippen LogP contribution in [-0.4, -0.2) is 38.0 Å². The van der Waals surface area contributed by atoms with Gasteiger partial charge in [-0.1, -0.05) is 38.1 Å². The van der Waals surface area contributed by atoms with Gasteiger partial charge in [-0.2, -0.15) is 0 Å². The molecule has 1 aliphatic carbocycles. The van der Waals surface area contributed by atoms with Crippen molar-refractivity contribution in [1.82, 2.24) is 10.6 Å². The molecule has 0 radical (unpaired) electrons. The molecule has 5 heteroatoms. The molecule has 1 aromatic carbocycles. The molecular formula is C20H32N3O2+. The predicted octanol–water partition coefficient (Wildman–Crippen LogP) is 0.856. The third-order valence-electron chi connectivity index (χ3n) is 4.37. The van der Waals surface area contributed by atoms with Crippen LogP contribution in [0.25, 0.3) is 0 Å². The van der Waals surface area contributed by atoms with Gasteiger partial charge < -0.3 is 15.5 Å². The van der Waals surface area contributed by atoms with E-state index in [-0.39, 0.29) is 17.9 Å². The fourth-order valence-electron chi connectivity index (χ4n) is 2.91. The molecule has 5 nitrogen and oxygen atoms in total. The quantitative estimate of drug-likeness (QED) is 0.621. The van der Waals surface area contributed by atoms with Crippen molar-refractivity contribution in [2.45, 2.75) is 52.1 Å². The Morgan fingerprint density at radius 1 is 1.08 bits per heavy atom. The van der Waals surface area contributed by atoms with Crippen LogP contribution in [0.4, 0.5) is 0 Å². The molecule has 1 aromatic rings. The number of carbonyl (C=O) groups is 2. The summed E-state index contributed by atoms with van der Waals surface area (Å²) in [7, 11) is 1.87. The van der Waals surface area contributed by atoms with Gasteiger partial charge in [-0.25, -0.2) is 0 Å². The second-order valence-electron chi connectivity index (χ2n) is 7.78. The number of benzene rings is 1. The molecular weight excluding hydrogens is 314 g/mol. The molecule has 0 aromatic heterocycles. The molecule has 2 atom stereocenters. The summed E-state index contributed by atoms with van der Waals surface area (Å²) in [6.45, 7) is 7.04. The summed E-state index contributed by atoms with van der Waals surface area (Å²) in [5, 5.41) is 5.97. The van der Waals surface area contributed by atoms with E-state index in [0.717, 1.165) is 29.7 Å². The topological polar surface area (TPSA) is 62.6 Å². The van der Waals surface area contributed by atoms with Crippen LogP contribution in [0.3, 0.4) is 0 Å². The van der Waals surface area contributed by atoms with E-state index in [2.05, 4.69) is 48.7 Å². The zero-order valence-corrected chi connectivity index (χ0v) is 15.9. The first-order valence-corrected chi connectivity index (χ1v) is 9.32. The van der Waals surface area contributed by atoms with Gasteiger partial charge in [-0.15, -0.1) is 0 Å². The van der Waals surface area contributed by atoms with Gasteiger partial charge in [0.2, 0.25) is 0 Å². The van der Waals surface area contributed by atoms with Crippen molar-refractivity contribution in [2.24, 2.45) is 5.92 Å². The number of carbonyl (C=O) groups excluding carboxylic acids is 2. The van der Waals surface area contributed by atoms with Crippen LogP contribution in [0.1, 0.15) is 50.8 Å². The summed E-state index contributed by atoms with van der Waals surface area (Å²) in [4.78, 5) is 24.9. The average molecular weight is 346 g/mol. The van der Waals surface area contributed by atoms with Crippen LogP contribution in [-0.2, 0) is 16.0 Å². The van der Waals surface area contributed by atoms with E-state index in [1.807, 2.05) is 14.0 Å². The third-order valence-corrected chi connectivity index (χ3v) is 4.37. The maximum absolute atomic E-state index is 12.2. The zero-order chi connectivity index (χ0) is 18.4. The van der Waals surface area contributed by atoms with Crippen LogP contribution in [0.5, 0.6) is 0 Å². The van der Waals surface area contributed by atoms with Crippen LogP contribution in [0, 0.1) is 5.92 Å². The van der Waals surface area contributed by atoms with Crippen molar-refractivity contribution in [1.29, 1.82) is 0 Å². The van der Waals surface area contributed by atoms with Gasteiger partial charge in [0.1, 0.15) is 0 Å². The predicted molar refractivity (Wildman–Crippen MR) is 99.3 cm³/mol. The summed E-state index contributed by atoms with van der Waals surface area (Å²) in [5.41, 5.74) is 2.42. The van der Waals surface area contributed by atoms with E-state index in [1.165, 1.54) is 5.56 Å². The Morgan fingerprint density at radius 2 is 1.68 bits per heavy atom. The van der Waals surface area contributed by atoms with Crippen molar-refractivity contribution in [2.75, 3.05) is 20.1 Å². The van der Waals surface area contributed by atoms with Gasteiger partial charge in [-0.3, -0.25) is 9.59 Å². The molecule has 25 heavy (non-hydrogen) atoms. The van der Waals surface area contributed by atoms with Gasteiger partial charge in [0, 0.05) is 6.04 Å². The minimum absolute atomic E-state index is 0.0292. The highest BCUT2D eigenvalue weighted by molar-refractivity contribution is 5.79. The number of rotatable bonds is 9. The lowest BCUT2D eigenvalue weighted by atomic mass is 10.00. The lowest BCUT2D eigenvalue weighted by Crippen LogP contribution is -3.11. The molecule has 1 fully saturated rings. The normalized spacial score (nSPS) is 16.4. The van der Waals surface area contributed by atoms with E-state index < -0.39 is 0 Å². The molecule has 0 spiro atoms. The fourth-order valence-corrected chi connectivity index (χ4v) is 2.91. The van der Waals surface area contributed by atoms with E-state index in [0.29, 0.717) is 25.0 Å². The Kier molecular flexibility index (Phi) is 7.00. The van der Waals surface area contributed by atoms with Gasteiger partial charge in [0.05, 0.1) is 13.1 Å². The van der Waals surface area contributed by atoms with Crippen molar-refractivity contribution < 1.29 is 14.5 Å². The Hall–Kier alpha value is -1.88. The molecule has 0 heterocycles. The first kappa shape index (κ1) is 19.4. The monoisotopic (exact) mass is 346 g/mol. The van der Waals surface area contributed by atoms with Gasteiger partial charge in [0.15, 0.2) is 13.1 Å². The second-order valence-corrected chi connectivity index (χ2v) is 7.78. The standard InChI is InChI=1S/C20H31N3O2/c1-14(2)11-16-5-7-17(8-6-16)15(3)21-19(24)12-23(4)13-20(25)22-18-9-10-18/h5-8,14-15,18H,9-13H2,1-4H3,(H,21,24)(H,22,25)/p+1/t15-/m1/s1. The molecule has 2 rings (SSSR count). The minimum Gasteiger partial charge on any atom is -0.348 e. The van der Waals surface area contributed by atoms with Crippen LogP contribution < -0.4 is 15.5 Å². The summed E-state index contributed by atoms with van der Waals surface area (Å²) in [5.74, 6) is 0.635. The van der Waals surface area contributed by atoms with E-state index in [9.17, 15) is 9.59 Å². The highest BCUT2D eigenvalue weighted by Crippen LogP contribution is 2.18. The summed E-state index contributed by atoms with van der Waals surface area (Å²) in [6, 6.07) is 8.78. The maximum Gasteiger partial charge on any atom is 0.275 e. The van der Waals surface area contributed by atoms with Crippen molar-refractivity contribution in [3.8, 4) is 0 Å². The molecule has 1 unspecified atom stereocenters. The Labute approximate surface area is 151 Å². The largest absolute Gasteiger partial charge is 0.348 e. The lowest BCUT2D eigenvalue weighted by Gasteiger charge is -2.17. The Morgan fingerprint density at radius 3 is 2.24 bits per heavy atom. The summed E-state index contributed by atoms with van der Waals surface area (Å²) < 4.78 is 0. The maximum atomic E-state index is 12.2. The molecule has 138 valence electrons. The molecule has 3 N–H and O–H groups in total. The first-order chi connectivity index (χ1) is 11.8. The van der Waals surface area contributed by atoms with E-state index in [1.54, 1.807) is 0 Å². The number of quaternary nitrogens is 1. The second kappa shape index (κ2) is 8.99. The lowest BCUT2D eigenvalue weighted by molar-refractivity contribution is -0.862. The van der Waals surface area contributed by atoms with Gasteiger partial charge in [-0.05, 0) is 43.2 Å². The smallest absolute Gasteiger partial charge is 0.275 e. The minimum atomic E-state index is -0.0336. The van der Waals surface area contributed by atoms with Gasteiger partial charge >= 0.3 is 0 Å². The molecule has 1 aliphatic rings. The van der Waals surface area contributed by atoms with Crippen LogP contribution in [0.15, 0.2) is 24.3 Å². The number of hydrogen-bond donors (Lipinski definition) is 3. The molecule has 0 bridgehead atoms. The van der Waals surface area contributed by atoms with Gasteiger partial charge in [0.25, 0.3) is 11.8 Å². The molecule has 0 aliphatic heterocycles. The molecule has 2 amide bonds. The summed E-state index contributed by atoms with van der Waals surface area (Å²) in [6.07, 6.45) is 3.23. The average Bonchev–Trinajstić information content (AvgIpc) is 3.30. The van der Waals surface area contributed by atoms with Crippen LogP contribution >= 0.6 is 0 Å². The van der Waals surface area contributed by atoms with Crippen LogP contribution in [0.2, 0.25) is 0 Å². The summed E-state index contributed by atoms with van der Waals surface area (Å²) >= 11 is 0. The number of hydrogen-bond acceptors (Lipinski definition) is 2. The number of amides is 2. The van der Waals surface area contributed by atoms with Crippen molar-refractivity contribution >= 4 is 11.8 Å². The van der Waals surface area contributed by atoms with E-state index >= 15 is 0 Å². The van der Waals surface area contributed by atoms with E-state index in [4.69, 9.17) is 0 Å². The fraction of sp³-hybridized carbons (Fsp3) is 0.600. The number of nitrogens with one attached hydrogen (secondary N) is 3. The van der Waals surface area contributed by atoms with Crippen molar-refractivity contribution in [3.63, 3.8) is 0 Å². The Balaban J connectivity index is 1.75.